The lowest BCUT2D eigenvalue weighted by molar-refractivity contribution is 0.660. The molecule has 23 heavy (non-hydrogen) atoms. The predicted octanol–water partition coefficient (Wildman–Crippen LogP) is 7.08. The van der Waals surface area contributed by atoms with Gasteiger partial charge in [0.2, 0.25) is 0 Å². The molecule has 0 fully saturated rings. The van der Waals surface area contributed by atoms with Gasteiger partial charge in [-0.1, -0.05) is 77.8 Å². The minimum Gasteiger partial charge on any atom is -0.0836 e. The van der Waals surface area contributed by atoms with E-state index in [2.05, 4.69) is 84.4 Å². The second-order valence-corrected chi connectivity index (χ2v) is 7.88. The van der Waals surface area contributed by atoms with Crippen molar-refractivity contribution in [2.24, 2.45) is 0 Å². The van der Waals surface area contributed by atoms with E-state index in [4.69, 9.17) is 11.6 Å². The second kappa shape index (κ2) is 5.22. The Kier molecular flexibility index (Phi) is 3.40. The summed E-state index contributed by atoms with van der Waals surface area (Å²) in [6, 6.07) is 21.3. The maximum Gasteiger partial charge on any atom is 0.0493 e. The van der Waals surface area contributed by atoms with Gasteiger partial charge in [-0.2, -0.15) is 0 Å². The first-order valence-electron chi connectivity index (χ1n) is 7.68. The Bertz CT molecular complexity index is 925. The average molecular weight is 384 g/mol. The normalized spacial score (nSPS) is 14.4. The van der Waals surface area contributed by atoms with Gasteiger partial charge in [0.05, 0.1) is 0 Å². The van der Waals surface area contributed by atoms with Crippen LogP contribution in [-0.2, 0) is 5.41 Å². The minimum absolute atomic E-state index is 0.0302. The van der Waals surface area contributed by atoms with E-state index < -0.39 is 0 Å². The molecule has 0 atom stereocenters. The lowest BCUT2D eigenvalue weighted by atomic mass is 9.81. The summed E-state index contributed by atoms with van der Waals surface area (Å²) in [5.41, 5.74) is 7.41. The van der Waals surface area contributed by atoms with Gasteiger partial charge in [-0.05, 0) is 52.1 Å². The Hall–Kier alpha value is -1.57. The molecule has 0 saturated heterocycles. The molecule has 3 aromatic rings. The molecule has 0 heterocycles. The van der Waals surface area contributed by atoms with E-state index in [1.807, 2.05) is 6.07 Å². The van der Waals surface area contributed by atoms with Gasteiger partial charge in [0.1, 0.15) is 0 Å². The highest BCUT2D eigenvalue weighted by Crippen LogP contribution is 2.52. The first-order valence-corrected chi connectivity index (χ1v) is 8.85. The monoisotopic (exact) mass is 382 g/mol. The summed E-state index contributed by atoms with van der Waals surface area (Å²) in [5.74, 6) is 0. The van der Waals surface area contributed by atoms with Gasteiger partial charge in [0.15, 0.2) is 0 Å². The molecule has 1 aliphatic carbocycles. The van der Waals surface area contributed by atoms with Crippen molar-refractivity contribution in [3.8, 4) is 22.3 Å². The molecule has 4 rings (SSSR count). The number of halogens is 2. The van der Waals surface area contributed by atoms with Gasteiger partial charge in [-0.3, -0.25) is 0 Å². The summed E-state index contributed by atoms with van der Waals surface area (Å²) < 4.78 is 1.08. The fourth-order valence-electron chi connectivity index (χ4n) is 3.60. The molecule has 0 N–H and O–H groups in total. The van der Waals surface area contributed by atoms with Crippen LogP contribution in [0.1, 0.15) is 25.0 Å². The van der Waals surface area contributed by atoms with E-state index in [-0.39, 0.29) is 5.41 Å². The van der Waals surface area contributed by atoms with E-state index in [9.17, 15) is 0 Å². The third-order valence-electron chi connectivity index (χ3n) is 4.79. The number of hydrogen-bond acceptors (Lipinski definition) is 0. The molecule has 1 aliphatic rings. The Balaban J connectivity index is 1.99. The Morgan fingerprint density at radius 2 is 1.61 bits per heavy atom. The first-order chi connectivity index (χ1) is 11.0. The minimum atomic E-state index is -0.0302. The number of fused-ring (bicyclic) bond motifs is 3. The molecule has 0 saturated carbocycles. The molecular formula is C21H16BrCl. The van der Waals surface area contributed by atoms with Crippen LogP contribution in [0.3, 0.4) is 0 Å². The van der Waals surface area contributed by atoms with E-state index in [1.165, 1.54) is 27.8 Å². The van der Waals surface area contributed by atoms with E-state index in [0.717, 1.165) is 15.1 Å². The SMILES string of the molecule is CC1(C)c2ccccc2-c2c(Cl)cc(-c3cccc(Br)c3)cc21. The summed E-state index contributed by atoms with van der Waals surface area (Å²) in [4.78, 5) is 0. The summed E-state index contributed by atoms with van der Waals surface area (Å²) in [7, 11) is 0. The molecule has 0 amide bonds. The topological polar surface area (TPSA) is 0 Å². The largest absolute Gasteiger partial charge is 0.0836 e. The van der Waals surface area contributed by atoms with Crippen LogP contribution in [0.15, 0.2) is 65.1 Å². The highest BCUT2D eigenvalue weighted by Gasteiger charge is 2.36. The smallest absolute Gasteiger partial charge is 0.0493 e. The van der Waals surface area contributed by atoms with Crippen molar-refractivity contribution in [1.82, 2.24) is 0 Å². The predicted molar refractivity (Wildman–Crippen MR) is 102 cm³/mol. The van der Waals surface area contributed by atoms with Gasteiger partial charge >= 0.3 is 0 Å². The first kappa shape index (κ1) is 15.0. The number of hydrogen-bond donors (Lipinski definition) is 0. The van der Waals surface area contributed by atoms with E-state index in [0.29, 0.717) is 0 Å². The zero-order valence-corrected chi connectivity index (χ0v) is 15.4. The van der Waals surface area contributed by atoms with Crippen molar-refractivity contribution in [2.75, 3.05) is 0 Å². The van der Waals surface area contributed by atoms with Gasteiger partial charge < -0.3 is 0 Å². The maximum absolute atomic E-state index is 6.71. The fourth-order valence-corrected chi connectivity index (χ4v) is 4.32. The van der Waals surface area contributed by atoms with Crippen LogP contribution in [0.25, 0.3) is 22.3 Å². The number of benzene rings is 3. The van der Waals surface area contributed by atoms with Crippen LogP contribution in [-0.4, -0.2) is 0 Å². The zero-order valence-electron chi connectivity index (χ0n) is 13.0. The lowest BCUT2D eigenvalue weighted by Gasteiger charge is -2.22. The van der Waals surface area contributed by atoms with Gasteiger partial charge in [0, 0.05) is 20.5 Å². The quantitative estimate of drug-likeness (QED) is 0.421. The standard InChI is InChI=1S/C21H16BrCl/c1-21(2)17-9-4-3-8-16(17)20-18(21)11-14(12-19(20)23)13-6-5-7-15(22)10-13/h3-12H,1-2H3. The summed E-state index contributed by atoms with van der Waals surface area (Å²) >= 11 is 10.3. The van der Waals surface area contributed by atoms with Gasteiger partial charge in [-0.15, -0.1) is 0 Å². The highest BCUT2D eigenvalue weighted by atomic mass is 79.9. The maximum atomic E-state index is 6.71. The summed E-state index contributed by atoms with van der Waals surface area (Å²) in [5, 5.41) is 0.829. The van der Waals surface area contributed by atoms with Crippen LogP contribution < -0.4 is 0 Å². The van der Waals surface area contributed by atoms with E-state index >= 15 is 0 Å². The third kappa shape index (κ3) is 2.26. The van der Waals surface area contributed by atoms with Gasteiger partial charge in [0.25, 0.3) is 0 Å². The van der Waals surface area contributed by atoms with Crippen molar-refractivity contribution in [2.45, 2.75) is 19.3 Å². The number of rotatable bonds is 1. The van der Waals surface area contributed by atoms with Gasteiger partial charge in [-0.25, -0.2) is 0 Å². The van der Waals surface area contributed by atoms with Crippen LogP contribution in [0.4, 0.5) is 0 Å². The van der Waals surface area contributed by atoms with Crippen molar-refractivity contribution in [3.05, 3.63) is 81.3 Å². The van der Waals surface area contributed by atoms with Crippen LogP contribution in [0, 0.1) is 0 Å². The fraction of sp³-hybridized carbons (Fsp3) is 0.143. The molecule has 0 bridgehead atoms. The Morgan fingerprint density at radius 3 is 2.39 bits per heavy atom. The summed E-state index contributed by atoms with van der Waals surface area (Å²) in [6.45, 7) is 4.55. The Morgan fingerprint density at radius 1 is 0.826 bits per heavy atom. The molecule has 0 radical (unpaired) electrons. The molecule has 0 nitrogen and oxygen atoms in total. The van der Waals surface area contributed by atoms with E-state index in [1.54, 1.807) is 0 Å². The molecule has 114 valence electrons. The summed E-state index contributed by atoms with van der Waals surface area (Å²) in [6.07, 6.45) is 0. The molecule has 3 aromatic carbocycles. The average Bonchev–Trinajstić information content (AvgIpc) is 2.76. The highest BCUT2D eigenvalue weighted by molar-refractivity contribution is 9.10. The third-order valence-corrected chi connectivity index (χ3v) is 5.58. The van der Waals surface area contributed by atoms with Crippen molar-refractivity contribution in [1.29, 1.82) is 0 Å². The molecular weight excluding hydrogens is 368 g/mol. The van der Waals surface area contributed by atoms with Crippen molar-refractivity contribution < 1.29 is 0 Å². The van der Waals surface area contributed by atoms with Crippen molar-refractivity contribution >= 4 is 27.5 Å². The lowest BCUT2D eigenvalue weighted by Crippen LogP contribution is -2.14. The molecule has 0 spiro atoms. The zero-order chi connectivity index (χ0) is 16.2. The Labute approximate surface area is 150 Å². The molecule has 2 heteroatoms. The molecule has 0 aromatic heterocycles. The van der Waals surface area contributed by atoms with Crippen molar-refractivity contribution in [3.63, 3.8) is 0 Å². The van der Waals surface area contributed by atoms with Crippen LogP contribution in [0.2, 0.25) is 5.02 Å². The second-order valence-electron chi connectivity index (χ2n) is 6.56. The van der Waals surface area contributed by atoms with Crippen LogP contribution in [0.5, 0.6) is 0 Å². The molecule has 0 unspecified atom stereocenters. The van der Waals surface area contributed by atoms with Crippen LogP contribution >= 0.6 is 27.5 Å². The molecule has 0 aliphatic heterocycles.